The van der Waals surface area contributed by atoms with Gasteiger partial charge in [0.1, 0.15) is 11.6 Å². The fourth-order valence-corrected chi connectivity index (χ4v) is 3.23. The molecule has 1 aromatic carbocycles. The molecule has 4 rings (SSSR count). The van der Waals surface area contributed by atoms with Crippen molar-refractivity contribution in [1.29, 1.82) is 5.41 Å². The molecule has 152 valence electrons. The van der Waals surface area contributed by atoms with Crippen LogP contribution in [0.25, 0.3) is 0 Å². The van der Waals surface area contributed by atoms with Crippen molar-refractivity contribution in [1.82, 2.24) is 14.6 Å². The van der Waals surface area contributed by atoms with E-state index in [0.717, 1.165) is 5.56 Å². The van der Waals surface area contributed by atoms with E-state index in [2.05, 4.69) is 15.3 Å². The first-order valence-corrected chi connectivity index (χ1v) is 8.73. The summed E-state index contributed by atoms with van der Waals surface area (Å²) in [6, 6.07) is 7.20. The highest BCUT2D eigenvalue weighted by Gasteiger charge is 2.32. The number of aromatic nitrogens is 3. The van der Waals surface area contributed by atoms with E-state index in [0.29, 0.717) is 41.2 Å². The molecule has 0 saturated heterocycles. The first kappa shape index (κ1) is 18.6. The summed E-state index contributed by atoms with van der Waals surface area (Å²) in [4.78, 5) is 8.79. The van der Waals surface area contributed by atoms with E-state index in [4.69, 9.17) is 29.9 Å². The Labute approximate surface area is 166 Å². The summed E-state index contributed by atoms with van der Waals surface area (Å²) < 4.78 is 22.9. The van der Waals surface area contributed by atoms with Gasteiger partial charge in [0.05, 0.1) is 27.6 Å². The Morgan fingerprint density at radius 1 is 1.17 bits per heavy atom. The Bertz CT molecular complexity index is 1060. The Kier molecular flexibility index (Phi) is 4.72. The van der Waals surface area contributed by atoms with Crippen molar-refractivity contribution in [3.63, 3.8) is 0 Å². The van der Waals surface area contributed by atoms with Gasteiger partial charge in [-0.05, 0) is 29.8 Å². The quantitative estimate of drug-likeness (QED) is 0.516. The Morgan fingerprint density at radius 2 is 1.90 bits per heavy atom. The first-order chi connectivity index (χ1) is 14.0. The monoisotopic (exact) mass is 399 g/mol. The Balaban J connectivity index is 1.67. The summed E-state index contributed by atoms with van der Waals surface area (Å²) in [5, 5.41) is 12.7. The smallest absolute Gasteiger partial charge is 0.247 e. The number of ether oxygens (including phenoxy) is 3. The number of rotatable bonds is 6. The van der Waals surface area contributed by atoms with Gasteiger partial charge in [-0.3, -0.25) is 5.41 Å². The first-order valence-electron chi connectivity index (χ1n) is 8.73. The lowest BCUT2D eigenvalue weighted by molar-refractivity contribution is 0.324. The molecular formula is C18H21N7O4. The molecule has 4 N–H and O–H groups in total. The average Bonchev–Trinajstić information content (AvgIpc) is 3.35. The molecule has 11 heteroatoms. The van der Waals surface area contributed by atoms with Crippen LogP contribution in [0.2, 0.25) is 0 Å². The molecule has 0 fully saturated rings. The third-order valence-electron chi connectivity index (χ3n) is 4.53. The topological polar surface area (TPSA) is 137 Å². The van der Waals surface area contributed by atoms with Gasteiger partial charge in [-0.25, -0.2) is 11.0 Å². The predicted molar refractivity (Wildman–Crippen MR) is 102 cm³/mol. The zero-order chi connectivity index (χ0) is 20.5. The number of furan rings is 1. The molecule has 0 saturated carbocycles. The van der Waals surface area contributed by atoms with E-state index >= 15 is 0 Å². The number of nitrogens with one attached hydrogen (secondary N) is 2. The molecule has 1 unspecified atom stereocenters. The lowest BCUT2D eigenvalue weighted by Gasteiger charge is -2.19. The molecule has 0 bridgehead atoms. The van der Waals surface area contributed by atoms with E-state index in [9.17, 15) is 0 Å². The van der Waals surface area contributed by atoms with Gasteiger partial charge in [-0.15, -0.1) is 0 Å². The van der Waals surface area contributed by atoms with Crippen molar-refractivity contribution in [3.8, 4) is 17.2 Å². The second-order valence-corrected chi connectivity index (χ2v) is 6.25. The van der Waals surface area contributed by atoms with Crippen LogP contribution in [0, 0.1) is 5.41 Å². The van der Waals surface area contributed by atoms with Crippen LogP contribution >= 0.6 is 0 Å². The van der Waals surface area contributed by atoms with Gasteiger partial charge >= 0.3 is 0 Å². The van der Waals surface area contributed by atoms with Crippen LogP contribution in [0.3, 0.4) is 0 Å². The van der Waals surface area contributed by atoms with E-state index in [1.54, 1.807) is 39.7 Å². The van der Waals surface area contributed by atoms with Crippen molar-refractivity contribution < 1.29 is 18.6 Å². The molecule has 0 radical (unpaired) electrons. The van der Waals surface area contributed by atoms with Crippen molar-refractivity contribution in [2.24, 2.45) is 5.84 Å². The van der Waals surface area contributed by atoms with Gasteiger partial charge in [0.2, 0.25) is 17.3 Å². The second kappa shape index (κ2) is 7.36. The predicted octanol–water partition coefficient (Wildman–Crippen LogP) is 0.903. The molecule has 3 heterocycles. The zero-order valence-corrected chi connectivity index (χ0v) is 16.2. The van der Waals surface area contributed by atoms with Crippen LogP contribution in [0.5, 0.6) is 17.2 Å². The van der Waals surface area contributed by atoms with Gasteiger partial charge < -0.3 is 23.9 Å². The van der Waals surface area contributed by atoms with Crippen molar-refractivity contribution in [2.45, 2.75) is 12.6 Å². The number of hydrazine groups is 1. The number of hydrogen-bond donors (Lipinski definition) is 3. The molecule has 0 amide bonds. The summed E-state index contributed by atoms with van der Waals surface area (Å²) in [6.07, 6.45) is 1.43. The van der Waals surface area contributed by atoms with Crippen molar-refractivity contribution in [3.05, 3.63) is 53.3 Å². The largest absolute Gasteiger partial charge is 0.493 e. The minimum atomic E-state index is -0.486. The van der Waals surface area contributed by atoms with Crippen molar-refractivity contribution in [2.75, 3.05) is 31.8 Å². The number of anilines is 1. The van der Waals surface area contributed by atoms with E-state index in [-0.39, 0.29) is 5.62 Å². The molecule has 2 aromatic heterocycles. The zero-order valence-electron chi connectivity index (χ0n) is 16.2. The fourth-order valence-electron chi connectivity index (χ4n) is 3.23. The van der Waals surface area contributed by atoms with Gasteiger partial charge in [-0.1, -0.05) is 0 Å². The third kappa shape index (κ3) is 3.21. The molecule has 0 aliphatic carbocycles. The molecular weight excluding hydrogens is 378 g/mol. The van der Waals surface area contributed by atoms with Gasteiger partial charge in [0, 0.05) is 6.42 Å². The van der Waals surface area contributed by atoms with Crippen LogP contribution in [0.4, 0.5) is 5.95 Å². The summed E-state index contributed by atoms with van der Waals surface area (Å²) in [5.74, 6) is 9.14. The van der Waals surface area contributed by atoms with Crippen molar-refractivity contribution >= 4 is 5.95 Å². The number of benzene rings is 1. The normalized spacial score (nSPS) is 15.0. The molecule has 29 heavy (non-hydrogen) atoms. The summed E-state index contributed by atoms with van der Waals surface area (Å²) in [5.41, 5.74) is 0.788. The Morgan fingerprint density at radius 3 is 2.48 bits per heavy atom. The lowest BCUT2D eigenvalue weighted by atomic mass is 10.1. The minimum absolute atomic E-state index is 0.0542. The highest BCUT2D eigenvalue weighted by Crippen LogP contribution is 2.38. The SMILES string of the molecule is COc1cc(Cc2nc3n(c(=N)n2)N(N)C(c2ccco2)N3)cc(OC)c1OC. The fraction of sp³-hybridized carbons (Fsp3) is 0.278. The molecule has 3 aromatic rings. The van der Waals surface area contributed by atoms with Crippen LogP contribution in [0.15, 0.2) is 34.9 Å². The maximum atomic E-state index is 8.28. The maximum Gasteiger partial charge on any atom is 0.247 e. The molecule has 1 atom stereocenters. The van der Waals surface area contributed by atoms with Crippen LogP contribution < -0.4 is 36.1 Å². The molecule has 0 spiro atoms. The van der Waals surface area contributed by atoms with Crippen LogP contribution in [-0.2, 0) is 6.42 Å². The number of methoxy groups -OCH3 is 3. The standard InChI is InChI=1S/C18H21N7O4/c1-26-12-7-10(8-13(27-2)15(12)28-3)9-14-21-17(19)24-18(22-14)23-16(25(24)20)11-5-4-6-29-11/h4-8,16H,9,20H2,1-3H3,(H2,19,21,22,23). The summed E-state index contributed by atoms with van der Waals surface area (Å²) >= 11 is 0. The van der Waals surface area contributed by atoms with E-state index in [1.165, 1.54) is 9.79 Å². The summed E-state index contributed by atoms with van der Waals surface area (Å²) in [7, 11) is 4.66. The average molecular weight is 399 g/mol. The van der Waals surface area contributed by atoms with Gasteiger partial charge in [-0.2, -0.15) is 14.6 Å². The third-order valence-corrected chi connectivity index (χ3v) is 4.53. The highest BCUT2D eigenvalue weighted by molar-refractivity contribution is 5.54. The highest BCUT2D eigenvalue weighted by atomic mass is 16.5. The Hall–Kier alpha value is -3.73. The second-order valence-electron chi connectivity index (χ2n) is 6.25. The van der Waals surface area contributed by atoms with Gasteiger partial charge in [0.25, 0.3) is 0 Å². The number of nitrogens with zero attached hydrogens (tertiary/aromatic N) is 4. The number of hydrogen-bond acceptors (Lipinski definition) is 10. The van der Waals surface area contributed by atoms with E-state index in [1.807, 2.05) is 12.1 Å². The molecule has 1 aliphatic heterocycles. The minimum Gasteiger partial charge on any atom is -0.493 e. The molecule has 11 nitrogen and oxygen atoms in total. The summed E-state index contributed by atoms with van der Waals surface area (Å²) in [6.45, 7) is 0. The van der Waals surface area contributed by atoms with Crippen LogP contribution in [-0.4, -0.2) is 36.0 Å². The number of fused-ring (bicyclic) bond motifs is 1. The lowest BCUT2D eigenvalue weighted by Crippen LogP contribution is -2.47. The number of nitrogens with two attached hydrogens (primary N) is 1. The van der Waals surface area contributed by atoms with Crippen LogP contribution in [0.1, 0.15) is 23.3 Å². The molecule has 1 aliphatic rings. The maximum absolute atomic E-state index is 8.28. The van der Waals surface area contributed by atoms with Gasteiger partial charge in [0.15, 0.2) is 17.7 Å². The van der Waals surface area contributed by atoms with E-state index < -0.39 is 6.17 Å².